The van der Waals surface area contributed by atoms with Gasteiger partial charge in [0.2, 0.25) is 0 Å². The molecule has 0 bridgehead atoms. The molecule has 0 spiro atoms. The molecule has 1 rings (SSSR count). The van der Waals surface area contributed by atoms with E-state index < -0.39 is 0 Å². The van der Waals surface area contributed by atoms with Gasteiger partial charge in [-0.15, -0.1) is 0 Å². The second-order valence-corrected chi connectivity index (χ2v) is 5.78. The average molecular weight is 156 g/mol. The molecule has 1 aliphatic carbocycles. The minimum absolute atomic E-state index is 1.29. The summed E-state index contributed by atoms with van der Waals surface area (Å²) in [6.45, 7) is 0. The first kappa shape index (κ1) is 6.25. The van der Waals surface area contributed by atoms with E-state index in [4.69, 9.17) is 0 Å². The van der Waals surface area contributed by atoms with Gasteiger partial charge in [0, 0.05) is 30.7 Å². The van der Waals surface area contributed by atoms with Crippen LogP contribution in [0, 0.1) is 0 Å². The van der Waals surface area contributed by atoms with Crippen molar-refractivity contribution in [3.05, 3.63) is 21.7 Å². The number of hydrogen-bond acceptors (Lipinski definition) is 0. The molecule has 0 radical (unpaired) electrons. The third-order valence-electron chi connectivity index (χ3n) is 1.95. The van der Waals surface area contributed by atoms with Gasteiger partial charge in [-0.05, 0) is 6.42 Å². The molecule has 0 saturated heterocycles. The van der Waals surface area contributed by atoms with Crippen LogP contribution in [0.4, 0.5) is 0 Å². The van der Waals surface area contributed by atoms with Crippen molar-refractivity contribution >= 4 is 30.7 Å². The van der Waals surface area contributed by atoms with Crippen molar-refractivity contribution in [3.8, 4) is 0 Å². The first-order valence-electron chi connectivity index (χ1n) is 3.05. The van der Waals surface area contributed by atoms with E-state index in [1.807, 2.05) is 0 Å². The lowest BCUT2D eigenvalue weighted by Crippen LogP contribution is -1.86. The van der Waals surface area contributed by atoms with Gasteiger partial charge >= 0.3 is 0 Å². The topological polar surface area (TPSA) is 0 Å². The Morgan fingerprint density at radius 2 is 1.88 bits per heavy atom. The molecule has 8 heavy (non-hydrogen) atoms. The standard InChI is InChI=1S/C5H12Si3/c6-3-1-2-4(7)5(3)8/h1H,2H2,6-8H3. The predicted octanol–water partition coefficient (Wildman–Crippen LogP) is -2.42. The highest BCUT2D eigenvalue weighted by Gasteiger charge is 2.03. The number of hydrogen-bond donors (Lipinski definition) is 0. The summed E-state index contributed by atoms with van der Waals surface area (Å²) in [7, 11) is 3.90. The molecule has 0 saturated carbocycles. The minimum Gasteiger partial charge on any atom is -0.0899 e. The largest absolute Gasteiger partial charge is 0.0899 e. The van der Waals surface area contributed by atoms with Gasteiger partial charge in [-0.3, -0.25) is 0 Å². The van der Waals surface area contributed by atoms with Gasteiger partial charge in [0.1, 0.15) is 0 Å². The number of allylic oxidation sites excluding steroid dienone is 4. The highest BCUT2D eigenvalue weighted by molar-refractivity contribution is 6.42. The van der Waals surface area contributed by atoms with E-state index >= 15 is 0 Å². The highest BCUT2D eigenvalue weighted by atomic mass is 28.2. The molecule has 0 amide bonds. The summed E-state index contributed by atoms with van der Waals surface area (Å²) >= 11 is 0. The molecule has 0 aromatic carbocycles. The fourth-order valence-corrected chi connectivity index (χ4v) is 3.09. The third kappa shape index (κ3) is 0.936. The van der Waals surface area contributed by atoms with E-state index in [0.717, 1.165) is 0 Å². The van der Waals surface area contributed by atoms with Crippen molar-refractivity contribution in [2.24, 2.45) is 0 Å². The van der Waals surface area contributed by atoms with Crippen LogP contribution in [0.2, 0.25) is 0 Å². The molecule has 44 valence electrons. The minimum atomic E-state index is 1.29. The van der Waals surface area contributed by atoms with Crippen molar-refractivity contribution in [2.45, 2.75) is 6.42 Å². The quantitative estimate of drug-likeness (QED) is 0.343. The second kappa shape index (κ2) is 2.16. The lowest BCUT2D eigenvalue weighted by molar-refractivity contribution is 1.40. The predicted molar refractivity (Wildman–Crippen MR) is 49.5 cm³/mol. The van der Waals surface area contributed by atoms with Crippen LogP contribution in [0.5, 0.6) is 0 Å². The highest BCUT2D eigenvalue weighted by Crippen LogP contribution is 2.17. The van der Waals surface area contributed by atoms with E-state index in [9.17, 15) is 0 Å². The summed E-state index contributed by atoms with van der Waals surface area (Å²) in [6, 6.07) is 0. The van der Waals surface area contributed by atoms with Gasteiger partial charge in [0.05, 0.1) is 0 Å². The monoisotopic (exact) mass is 156 g/mol. The van der Waals surface area contributed by atoms with E-state index in [1.165, 1.54) is 37.1 Å². The molecular formula is C5H12Si3. The smallest absolute Gasteiger partial charge is 0.0378 e. The summed E-state index contributed by atoms with van der Waals surface area (Å²) in [6.07, 6.45) is 3.72. The first-order chi connectivity index (χ1) is 3.72. The summed E-state index contributed by atoms with van der Waals surface area (Å²) in [5.41, 5.74) is 0. The van der Waals surface area contributed by atoms with Crippen LogP contribution >= 0.6 is 0 Å². The van der Waals surface area contributed by atoms with Crippen LogP contribution in [0.25, 0.3) is 0 Å². The van der Waals surface area contributed by atoms with E-state index in [1.54, 1.807) is 15.6 Å². The summed E-state index contributed by atoms with van der Waals surface area (Å²) in [5, 5.41) is 5.21. The van der Waals surface area contributed by atoms with Gasteiger partial charge in [-0.2, -0.15) is 0 Å². The van der Waals surface area contributed by atoms with Gasteiger partial charge in [-0.25, -0.2) is 0 Å². The normalized spacial score (nSPS) is 20.8. The van der Waals surface area contributed by atoms with Gasteiger partial charge < -0.3 is 0 Å². The molecule has 0 aromatic heterocycles. The third-order valence-corrected chi connectivity index (χ3v) is 7.90. The van der Waals surface area contributed by atoms with Crippen LogP contribution in [-0.4, -0.2) is 30.7 Å². The SMILES string of the molecule is [SiH3]C1=CCC([SiH3])=C1[SiH3]. The van der Waals surface area contributed by atoms with Gasteiger partial charge in [0.25, 0.3) is 0 Å². The first-order valence-corrected chi connectivity index (χ1v) is 6.05. The van der Waals surface area contributed by atoms with Gasteiger partial charge in [0.15, 0.2) is 0 Å². The molecule has 0 nitrogen and oxygen atoms in total. The van der Waals surface area contributed by atoms with E-state index in [2.05, 4.69) is 6.08 Å². The lowest BCUT2D eigenvalue weighted by atomic mass is 10.5. The van der Waals surface area contributed by atoms with Crippen molar-refractivity contribution in [1.29, 1.82) is 0 Å². The maximum Gasteiger partial charge on any atom is 0.0378 e. The molecule has 0 heterocycles. The van der Waals surface area contributed by atoms with Crippen LogP contribution in [0.3, 0.4) is 0 Å². The maximum absolute atomic E-state index is 2.41. The fourth-order valence-electron chi connectivity index (χ4n) is 0.949. The van der Waals surface area contributed by atoms with Crippen LogP contribution < -0.4 is 0 Å². The molecule has 0 aromatic rings. The molecule has 0 fully saturated rings. The van der Waals surface area contributed by atoms with Crippen LogP contribution in [0.15, 0.2) is 21.7 Å². The van der Waals surface area contributed by atoms with Crippen molar-refractivity contribution in [2.75, 3.05) is 0 Å². The van der Waals surface area contributed by atoms with Crippen LogP contribution in [-0.2, 0) is 0 Å². The molecule has 0 aliphatic heterocycles. The van der Waals surface area contributed by atoms with Crippen molar-refractivity contribution in [3.63, 3.8) is 0 Å². The van der Waals surface area contributed by atoms with E-state index in [0.29, 0.717) is 0 Å². The molecule has 3 heteroatoms. The number of rotatable bonds is 0. The Hall–Kier alpha value is 0.131. The van der Waals surface area contributed by atoms with E-state index in [-0.39, 0.29) is 0 Å². The molecule has 1 aliphatic rings. The summed E-state index contributed by atoms with van der Waals surface area (Å²) < 4.78 is 0. The Kier molecular flexibility index (Phi) is 1.69. The van der Waals surface area contributed by atoms with Crippen molar-refractivity contribution < 1.29 is 0 Å². The molecule has 0 N–H and O–H groups in total. The zero-order chi connectivity index (χ0) is 6.15. The molecule has 0 unspecified atom stereocenters. The maximum atomic E-state index is 2.41. The Morgan fingerprint density at radius 3 is 2.00 bits per heavy atom. The lowest BCUT2D eigenvalue weighted by Gasteiger charge is -1.94. The summed E-state index contributed by atoms with van der Waals surface area (Å²) in [4.78, 5) is 0. The second-order valence-electron chi connectivity index (χ2n) is 2.50. The average Bonchev–Trinajstić information content (AvgIpc) is 1.98. The fraction of sp³-hybridized carbons (Fsp3) is 0.200. The Balaban J connectivity index is 2.88. The Labute approximate surface area is 59.3 Å². The van der Waals surface area contributed by atoms with Crippen LogP contribution in [0.1, 0.15) is 6.42 Å². The van der Waals surface area contributed by atoms with Crippen molar-refractivity contribution in [1.82, 2.24) is 0 Å². The van der Waals surface area contributed by atoms with Gasteiger partial charge in [-0.1, -0.05) is 21.7 Å². The molecular weight excluding hydrogens is 144 g/mol. The zero-order valence-electron chi connectivity index (χ0n) is 5.78. The zero-order valence-corrected chi connectivity index (χ0v) is 11.8. The molecule has 0 atom stereocenters. The Bertz CT molecular complexity index is 161. The Morgan fingerprint density at radius 1 is 1.25 bits per heavy atom. The summed E-state index contributed by atoms with van der Waals surface area (Å²) in [5.74, 6) is 0.